The number of amides is 4. The number of nitrogens with zero attached hydrogens (tertiary/aromatic N) is 3. The third-order valence-electron chi connectivity index (χ3n) is 5.31. The van der Waals surface area contributed by atoms with Crippen LogP contribution in [0.4, 0.5) is 4.79 Å². The molecule has 2 aliphatic heterocycles. The zero-order valence-electron chi connectivity index (χ0n) is 16.1. The summed E-state index contributed by atoms with van der Waals surface area (Å²) in [5, 5.41) is 1.46. The number of carbonyl (C=O) groups is 4. The Morgan fingerprint density at radius 2 is 1.45 bits per heavy atom. The zero-order chi connectivity index (χ0) is 20.5. The standard InChI is InChI=1S/C21H21N3O5/c1-2-29-21(28)23-11-9-22(10-12-23)17(25)13-24-19(26)15-7-3-5-14-6-4-8-16(18(14)15)20(24)27/h3-8H,2,9-13H2,1H3. The Kier molecular flexibility index (Phi) is 4.92. The van der Waals surface area contributed by atoms with Crippen LogP contribution in [0, 0.1) is 0 Å². The van der Waals surface area contributed by atoms with Crippen LogP contribution in [0.25, 0.3) is 10.8 Å². The van der Waals surface area contributed by atoms with E-state index in [2.05, 4.69) is 0 Å². The van der Waals surface area contributed by atoms with Gasteiger partial charge in [-0.3, -0.25) is 19.3 Å². The van der Waals surface area contributed by atoms with Crippen molar-refractivity contribution in [1.29, 1.82) is 0 Å². The van der Waals surface area contributed by atoms with E-state index in [1.807, 2.05) is 12.1 Å². The molecule has 2 heterocycles. The molecule has 0 bridgehead atoms. The van der Waals surface area contributed by atoms with E-state index in [0.717, 1.165) is 10.3 Å². The molecule has 0 N–H and O–H groups in total. The van der Waals surface area contributed by atoms with E-state index in [4.69, 9.17) is 4.74 Å². The number of piperazine rings is 1. The predicted molar refractivity (Wildman–Crippen MR) is 104 cm³/mol. The van der Waals surface area contributed by atoms with Gasteiger partial charge in [0.15, 0.2) is 0 Å². The Morgan fingerprint density at radius 1 is 0.897 bits per heavy atom. The van der Waals surface area contributed by atoms with Crippen LogP contribution in [-0.4, -0.2) is 77.8 Å². The van der Waals surface area contributed by atoms with Gasteiger partial charge >= 0.3 is 6.09 Å². The van der Waals surface area contributed by atoms with Gasteiger partial charge in [-0.15, -0.1) is 0 Å². The molecule has 0 radical (unpaired) electrons. The minimum atomic E-state index is -0.460. The van der Waals surface area contributed by atoms with Gasteiger partial charge < -0.3 is 14.5 Å². The van der Waals surface area contributed by atoms with Gasteiger partial charge in [-0.05, 0) is 24.4 Å². The Labute approximate surface area is 167 Å². The van der Waals surface area contributed by atoms with Crippen molar-refractivity contribution < 1.29 is 23.9 Å². The fraction of sp³-hybridized carbons (Fsp3) is 0.333. The second-order valence-corrected chi connectivity index (χ2v) is 6.97. The van der Waals surface area contributed by atoms with Crippen LogP contribution in [0.5, 0.6) is 0 Å². The van der Waals surface area contributed by atoms with E-state index >= 15 is 0 Å². The van der Waals surface area contributed by atoms with E-state index in [-0.39, 0.29) is 12.5 Å². The molecule has 0 aromatic heterocycles. The van der Waals surface area contributed by atoms with Crippen molar-refractivity contribution in [2.24, 2.45) is 0 Å². The van der Waals surface area contributed by atoms with Gasteiger partial charge in [0.05, 0.1) is 6.61 Å². The predicted octanol–water partition coefficient (Wildman–Crippen LogP) is 1.74. The molecule has 0 saturated carbocycles. The molecule has 2 aliphatic rings. The molecule has 8 heteroatoms. The maximum absolute atomic E-state index is 12.9. The summed E-state index contributed by atoms with van der Waals surface area (Å²) in [7, 11) is 0. The highest BCUT2D eigenvalue weighted by Gasteiger charge is 2.35. The fourth-order valence-corrected chi connectivity index (χ4v) is 3.81. The second kappa shape index (κ2) is 7.54. The van der Waals surface area contributed by atoms with Crippen molar-refractivity contribution >= 4 is 34.6 Å². The third-order valence-corrected chi connectivity index (χ3v) is 5.31. The lowest BCUT2D eigenvalue weighted by Gasteiger charge is -2.35. The van der Waals surface area contributed by atoms with Gasteiger partial charge in [-0.25, -0.2) is 4.79 Å². The first-order valence-electron chi connectivity index (χ1n) is 9.58. The number of hydrogen-bond donors (Lipinski definition) is 0. The van der Waals surface area contributed by atoms with Gasteiger partial charge in [0.2, 0.25) is 5.91 Å². The Morgan fingerprint density at radius 3 is 2.00 bits per heavy atom. The number of carbonyl (C=O) groups excluding carboxylic acids is 4. The highest BCUT2D eigenvalue weighted by molar-refractivity contribution is 6.26. The molecule has 2 aromatic carbocycles. The number of benzene rings is 2. The van der Waals surface area contributed by atoms with Gasteiger partial charge in [0.1, 0.15) is 6.54 Å². The number of hydrogen-bond acceptors (Lipinski definition) is 5. The molecule has 4 amide bonds. The largest absolute Gasteiger partial charge is 0.450 e. The van der Waals surface area contributed by atoms with E-state index in [1.54, 1.807) is 41.0 Å². The molecule has 0 atom stereocenters. The van der Waals surface area contributed by atoms with Crippen LogP contribution in [0.2, 0.25) is 0 Å². The van der Waals surface area contributed by atoms with Crippen molar-refractivity contribution in [3.8, 4) is 0 Å². The van der Waals surface area contributed by atoms with Gasteiger partial charge in [0, 0.05) is 42.7 Å². The number of imide groups is 1. The minimum absolute atomic E-state index is 0.297. The molecular formula is C21H21N3O5. The van der Waals surface area contributed by atoms with Crippen molar-refractivity contribution in [2.45, 2.75) is 6.92 Å². The topological polar surface area (TPSA) is 87.2 Å². The van der Waals surface area contributed by atoms with Crippen LogP contribution in [-0.2, 0) is 9.53 Å². The van der Waals surface area contributed by atoms with Crippen molar-refractivity contribution in [2.75, 3.05) is 39.3 Å². The second-order valence-electron chi connectivity index (χ2n) is 6.97. The Hall–Kier alpha value is -3.42. The molecule has 29 heavy (non-hydrogen) atoms. The molecule has 0 aliphatic carbocycles. The lowest BCUT2D eigenvalue weighted by Crippen LogP contribution is -2.54. The molecule has 0 unspecified atom stereocenters. The monoisotopic (exact) mass is 395 g/mol. The van der Waals surface area contributed by atoms with E-state index < -0.39 is 17.9 Å². The molecule has 1 saturated heterocycles. The summed E-state index contributed by atoms with van der Waals surface area (Å²) in [6.07, 6.45) is -0.398. The smallest absolute Gasteiger partial charge is 0.409 e. The molecule has 4 rings (SSSR count). The van der Waals surface area contributed by atoms with E-state index in [1.165, 1.54) is 0 Å². The Bertz CT molecular complexity index is 960. The van der Waals surface area contributed by atoms with E-state index in [9.17, 15) is 19.2 Å². The molecule has 0 spiro atoms. The van der Waals surface area contributed by atoms with Crippen LogP contribution in [0.1, 0.15) is 27.6 Å². The molecular weight excluding hydrogens is 374 g/mol. The molecule has 2 aromatic rings. The maximum atomic E-state index is 12.9. The summed E-state index contributed by atoms with van der Waals surface area (Å²) in [5.74, 6) is -1.24. The lowest BCUT2D eigenvalue weighted by atomic mass is 9.94. The molecule has 1 fully saturated rings. The van der Waals surface area contributed by atoms with E-state index in [0.29, 0.717) is 49.3 Å². The number of ether oxygens (including phenoxy) is 1. The summed E-state index contributed by atoms with van der Waals surface area (Å²) in [5.41, 5.74) is 0.857. The summed E-state index contributed by atoms with van der Waals surface area (Å²) < 4.78 is 4.97. The van der Waals surface area contributed by atoms with Gasteiger partial charge in [-0.2, -0.15) is 0 Å². The minimum Gasteiger partial charge on any atom is -0.450 e. The summed E-state index contributed by atoms with van der Waals surface area (Å²) in [6.45, 7) is 3.10. The quantitative estimate of drug-likeness (QED) is 0.739. The molecule has 150 valence electrons. The fourth-order valence-electron chi connectivity index (χ4n) is 3.81. The van der Waals surface area contributed by atoms with Crippen LogP contribution >= 0.6 is 0 Å². The number of rotatable bonds is 3. The summed E-state index contributed by atoms with van der Waals surface area (Å²) >= 11 is 0. The average Bonchev–Trinajstić information content (AvgIpc) is 2.75. The summed E-state index contributed by atoms with van der Waals surface area (Å²) in [6, 6.07) is 10.6. The maximum Gasteiger partial charge on any atom is 0.409 e. The van der Waals surface area contributed by atoms with Crippen LogP contribution in [0.3, 0.4) is 0 Å². The average molecular weight is 395 g/mol. The lowest BCUT2D eigenvalue weighted by molar-refractivity contribution is -0.133. The van der Waals surface area contributed by atoms with Crippen LogP contribution in [0.15, 0.2) is 36.4 Å². The third kappa shape index (κ3) is 3.30. The summed E-state index contributed by atoms with van der Waals surface area (Å²) in [4.78, 5) is 54.5. The first-order valence-corrected chi connectivity index (χ1v) is 9.58. The first kappa shape index (κ1) is 18.9. The Balaban J connectivity index is 1.48. The van der Waals surface area contributed by atoms with Crippen LogP contribution < -0.4 is 0 Å². The highest BCUT2D eigenvalue weighted by Crippen LogP contribution is 2.29. The SMILES string of the molecule is CCOC(=O)N1CCN(C(=O)CN2C(=O)c3cccc4cccc(c34)C2=O)CC1. The normalized spacial score (nSPS) is 16.4. The van der Waals surface area contributed by atoms with Crippen molar-refractivity contribution in [3.05, 3.63) is 47.5 Å². The van der Waals surface area contributed by atoms with Gasteiger partial charge in [0.25, 0.3) is 11.8 Å². The highest BCUT2D eigenvalue weighted by atomic mass is 16.6. The zero-order valence-corrected chi connectivity index (χ0v) is 16.1. The molecule has 8 nitrogen and oxygen atoms in total. The first-order chi connectivity index (χ1) is 14.0. The van der Waals surface area contributed by atoms with Gasteiger partial charge in [-0.1, -0.05) is 24.3 Å². The van der Waals surface area contributed by atoms with Crippen molar-refractivity contribution in [3.63, 3.8) is 0 Å². The van der Waals surface area contributed by atoms with Crippen molar-refractivity contribution in [1.82, 2.24) is 14.7 Å².